The van der Waals surface area contributed by atoms with E-state index in [0.717, 1.165) is 28.7 Å². The largest absolute Gasteiger partial charge is 0.484 e. The number of hydrogen-bond donors (Lipinski definition) is 1. The third-order valence-electron chi connectivity index (χ3n) is 5.54. The standard InChI is InChI=1S/C25H33ClN2O3/c1-7-19(5)27-25(30)20(6)28(14-21-11-9-8-10-16(21)2)23(29)15-31-22-12-17(3)24(26)18(4)13-22/h8-13,19-20H,7,14-15H2,1-6H3,(H,27,30)/t19-,20+/m1/s1. The van der Waals surface area contributed by atoms with Gasteiger partial charge in [0.2, 0.25) is 5.91 Å². The lowest BCUT2D eigenvalue weighted by atomic mass is 10.1. The third-order valence-corrected chi connectivity index (χ3v) is 6.14. The molecule has 0 aliphatic heterocycles. The van der Waals surface area contributed by atoms with Gasteiger partial charge in [-0.2, -0.15) is 0 Å². The Morgan fingerprint density at radius 3 is 2.26 bits per heavy atom. The van der Waals surface area contributed by atoms with Gasteiger partial charge in [-0.25, -0.2) is 0 Å². The Labute approximate surface area is 190 Å². The van der Waals surface area contributed by atoms with Crippen LogP contribution in [-0.4, -0.2) is 35.4 Å². The van der Waals surface area contributed by atoms with Gasteiger partial charge in [-0.1, -0.05) is 42.8 Å². The first-order valence-electron chi connectivity index (χ1n) is 10.7. The third kappa shape index (κ3) is 6.73. The van der Waals surface area contributed by atoms with E-state index in [-0.39, 0.29) is 24.5 Å². The van der Waals surface area contributed by atoms with Crippen molar-refractivity contribution in [1.29, 1.82) is 0 Å². The van der Waals surface area contributed by atoms with E-state index in [0.29, 0.717) is 17.3 Å². The van der Waals surface area contributed by atoms with Gasteiger partial charge in [0.15, 0.2) is 6.61 Å². The monoisotopic (exact) mass is 444 g/mol. The molecule has 0 heterocycles. The molecule has 168 valence electrons. The number of carbonyl (C=O) groups is 2. The molecule has 2 atom stereocenters. The molecule has 0 saturated heterocycles. The Bertz CT molecular complexity index is 906. The van der Waals surface area contributed by atoms with Gasteiger partial charge in [-0.15, -0.1) is 0 Å². The van der Waals surface area contributed by atoms with Crippen molar-refractivity contribution < 1.29 is 14.3 Å². The number of rotatable bonds is 9. The van der Waals surface area contributed by atoms with E-state index in [1.165, 1.54) is 0 Å². The molecule has 2 aromatic carbocycles. The highest BCUT2D eigenvalue weighted by Gasteiger charge is 2.27. The van der Waals surface area contributed by atoms with Gasteiger partial charge in [0.05, 0.1) is 0 Å². The van der Waals surface area contributed by atoms with Crippen LogP contribution in [0.1, 0.15) is 49.4 Å². The number of nitrogens with zero attached hydrogens (tertiary/aromatic N) is 1. The highest BCUT2D eigenvalue weighted by molar-refractivity contribution is 6.32. The molecule has 1 N–H and O–H groups in total. The molecule has 0 unspecified atom stereocenters. The van der Waals surface area contributed by atoms with Crippen molar-refractivity contribution in [1.82, 2.24) is 10.2 Å². The molecule has 0 bridgehead atoms. The Morgan fingerprint density at radius 2 is 1.68 bits per heavy atom. The highest BCUT2D eigenvalue weighted by Crippen LogP contribution is 2.26. The van der Waals surface area contributed by atoms with Gasteiger partial charge in [-0.3, -0.25) is 9.59 Å². The van der Waals surface area contributed by atoms with E-state index in [1.807, 2.05) is 71.0 Å². The normalized spacial score (nSPS) is 12.7. The second-order valence-electron chi connectivity index (χ2n) is 8.10. The topological polar surface area (TPSA) is 58.6 Å². The SMILES string of the molecule is CC[C@@H](C)NC(=O)[C@H](C)N(Cc1ccccc1C)C(=O)COc1cc(C)c(Cl)c(C)c1. The summed E-state index contributed by atoms with van der Waals surface area (Å²) >= 11 is 6.22. The second-order valence-corrected chi connectivity index (χ2v) is 8.48. The number of halogens is 1. The number of nitrogens with one attached hydrogen (secondary N) is 1. The van der Waals surface area contributed by atoms with E-state index in [4.69, 9.17) is 16.3 Å². The molecule has 6 heteroatoms. The number of hydrogen-bond acceptors (Lipinski definition) is 3. The fourth-order valence-electron chi connectivity index (χ4n) is 3.24. The summed E-state index contributed by atoms with van der Waals surface area (Å²) in [6.45, 7) is 11.7. The van der Waals surface area contributed by atoms with Gasteiger partial charge in [0.1, 0.15) is 11.8 Å². The molecule has 0 aliphatic rings. The molecule has 0 saturated carbocycles. The lowest BCUT2D eigenvalue weighted by molar-refractivity contribution is -0.142. The number of amides is 2. The molecule has 0 spiro atoms. The van der Waals surface area contributed by atoms with Gasteiger partial charge < -0.3 is 15.0 Å². The van der Waals surface area contributed by atoms with Gasteiger partial charge in [0.25, 0.3) is 5.91 Å². The molecule has 2 aromatic rings. The van der Waals surface area contributed by atoms with Crippen LogP contribution in [0.3, 0.4) is 0 Å². The van der Waals surface area contributed by atoms with Crippen LogP contribution in [0.15, 0.2) is 36.4 Å². The van der Waals surface area contributed by atoms with Crippen molar-refractivity contribution in [3.05, 3.63) is 63.7 Å². The first-order chi connectivity index (χ1) is 14.6. The second kappa shape index (κ2) is 11.2. The quantitative estimate of drug-likeness (QED) is 0.593. The average Bonchev–Trinajstić information content (AvgIpc) is 2.74. The summed E-state index contributed by atoms with van der Waals surface area (Å²) in [6, 6.07) is 10.9. The average molecular weight is 445 g/mol. The maximum absolute atomic E-state index is 13.2. The minimum Gasteiger partial charge on any atom is -0.484 e. The molecule has 31 heavy (non-hydrogen) atoms. The van der Waals surface area contributed by atoms with Crippen molar-refractivity contribution in [3.8, 4) is 5.75 Å². The summed E-state index contributed by atoms with van der Waals surface area (Å²) in [5, 5.41) is 3.66. The molecular weight excluding hydrogens is 412 g/mol. The molecule has 5 nitrogen and oxygen atoms in total. The Kier molecular flexibility index (Phi) is 8.93. The van der Waals surface area contributed by atoms with Gasteiger partial charge >= 0.3 is 0 Å². The summed E-state index contributed by atoms with van der Waals surface area (Å²) in [5.74, 6) is 0.162. The van der Waals surface area contributed by atoms with Crippen LogP contribution in [0.5, 0.6) is 5.75 Å². The maximum atomic E-state index is 13.2. The number of ether oxygens (including phenoxy) is 1. The van der Waals surface area contributed by atoms with Crippen LogP contribution >= 0.6 is 11.6 Å². The Hall–Kier alpha value is -2.53. The first kappa shape index (κ1) is 24.7. The van der Waals surface area contributed by atoms with Gasteiger partial charge in [0, 0.05) is 17.6 Å². The first-order valence-corrected chi connectivity index (χ1v) is 11.1. The summed E-state index contributed by atoms with van der Waals surface area (Å²) in [5.41, 5.74) is 3.85. The highest BCUT2D eigenvalue weighted by atomic mass is 35.5. The zero-order valence-corrected chi connectivity index (χ0v) is 20.0. The number of aryl methyl sites for hydroxylation is 3. The van der Waals surface area contributed by atoms with E-state index in [2.05, 4.69) is 5.32 Å². The molecule has 2 amide bonds. The predicted molar refractivity (Wildman–Crippen MR) is 126 cm³/mol. The zero-order chi connectivity index (χ0) is 23.1. The van der Waals surface area contributed by atoms with Crippen molar-refractivity contribution in [2.45, 2.75) is 66.6 Å². The molecule has 0 aliphatic carbocycles. The van der Waals surface area contributed by atoms with Crippen molar-refractivity contribution >= 4 is 23.4 Å². The van der Waals surface area contributed by atoms with Crippen LogP contribution in [0, 0.1) is 20.8 Å². The zero-order valence-electron chi connectivity index (χ0n) is 19.3. The summed E-state index contributed by atoms with van der Waals surface area (Å²) in [4.78, 5) is 27.5. The minimum absolute atomic E-state index is 0.0432. The van der Waals surface area contributed by atoms with Crippen LogP contribution < -0.4 is 10.1 Å². The van der Waals surface area contributed by atoms with Crippen LogP contribution in [0.4, 0.5) is 0 Å². The number of benzene rings is 2. The predicted octanol–water partition coefficient (Wildman–Crippen LogP) is 4.98. The molecule has 0 radical (unpaired) electrons. The smallest absolute Gasteiger partial charge is 0.261 e. The van der Waals surface area contributed by atoms with Crippen molar-refractivity contribution in [2.24, 2.45) is 0 Å². The van der Waals surface area contributed by atoms with Crippen LogP contribution in [0.25, 0.3) is 0 Å². The van der Waals surface area contributed by atoms with E-state index in [1.54, 1.807) is 11.8 Å². The Balaban J connectivity index is 2.21. The van der Waals surface area contributed by atoms with Crippen molar-refractivity contribution in [2.75, 3.05) is 6.61 Å². The van der Waals surface area contributed by atoms with E-state index >= 15 is 0 Å². The fourth-order valence-corrected chi connectivity index (χ4v) is 3.35. The summed E-state index contributed by atoms with van der Waals surface area (Å²) in [7, 11) is 0. The number of carbonyl (C=O) groups excluding carboxylic acids is 2. The van der Waals surface area contributed by atoms with Gasteiger partial charge in [-0.05, 0) is 75.4 Å². The van der Waals surface area contributed by atoms with Crippen molar-refractivity contribution in [3.63, 3.8) is 0 Å². The maximum Gasteiger partial charge on any atom is 0.261 e. The Morgan fingerprint density at radius 1 is 1.06 bits per heavy atom. The van der Waals surface area contributed by atoms with E-state index in [9.17, 15) is 9.59 Å². The molecule has 0 aromatic heterocycles. The van der Waals surface area contributed by atoms with Crippen LogP contribution in [-0.2, 0) is 16.1 Å². The summed E-state index contributed by atoms with van der Waals surface area (Å²) in [6.07, 6.45) is 0.822. The van der Waals surface area contributed by atoms with E-state index < -0.39 is 6.04 Å². The molecular formula is C25H33ClN2O3. The lowest BCUT2D eigenvalue weighted by Crippen LogP contribution is -2.50. The molecule has 2 rings (SSSR count). The lowest BCUT2D eigenvalue weighted by Gasteiger charge is -2.30. The molecule has 0 fully saturated rings. The summed E-state index contributed by atoms with van der Waals surface area (Å²) < 4.78 is 5.78. The minimum atomic E-state index is -0.626. The van der Waals surface area contributed by atoms with Crippen LogP contribution in [0.2, 0.25) is 5.02 Å². The fraction of sp³-hybridized carbons (Fsp3) is 0.440.